The summed E-state index contributed by atoms with van der Waals surface area (Å²) in [5.74, 6) is -0.191. The lowest BCUT2D eigenvalue weighted by atomic mass is 10.2. The van der Waals surface area contributed by atoms with Gasteiger partial charge >= 0.3 is 0 Å². The number of benzene rings is 1. The lowest BCUT2D eigenvalue weighted by Crippen LogP contribution is -2.53. The molecule has 1 aromatic rings. The maximum Gasteiger partial charge on any atom is 0.123 e. The lowest BCUT2D eigenvalue weighted by Gasteiger charge is -2.34. The van der Waals surface area contributed by atoms with E-state index in [9.17, 15) is 4.39 Å². The number of nitrogens with one attached hydrogen (secondary N) is 1. The summed E-state index contributed by atoms with van der Waals surface area (Å²) < 4.78 is 12.7. The Bertz CT molecular complexity index is 312. The zero-order valence-corrected chi connectivity index (χ0v) is 8.62. The molecule has 3 nitrogen and oxygen atoms in total. The first-order valence-electron chi connectivity index (χ1n) is 5.23. The van der Waals surface area contributed by atoms with E-state index >= 15 is 0 Å². The number of hydrogen-bond acceptors (Lipinski definition) is 3. The van der Waals surface area contributed by atoms with E-state index in [1.54, 1.807) is 0 Å². The topological polar surface area (TPSA) is 41.3 Å². The molecule has 15 heavy (non-hydrogen) atoms. The molecule has 1 fully saturated rings. The SMILES string of the molecule is NCC1CN(c2ccc(F)cc2)CCN1. The molecule has 4 heteroatoms. The Kier molecular flexibility index (Phi) is 3.18. The second-order valence-electron chi connectivity index (χ2n) is 3.81. The van der Waals surface area contributed by atoms with Gasteiger partial charge in [-0.1, -0.05) is 0 Å². The number of halogens is 1. The fraction of sp³-hybridized carbons (Fsp3) is 0.455. The van der Waals surface area contributed by atoms with Crippen LogP contribution in [0.4, 0.5) is 10.1 Å². The summed E-state index contributed by atoms with van der Waals surface area (Å²) in [7, 11) is 0. The van der Waals surface area contributed by atoms with Gasteiger partial charge in [0.05, 0.1) is 0 Å². The minimum atomic E-state index is -0.191. The van der Waals surface area contributed by atoms with Crippen molar-refractivity contribution in [2.45, 2.75) is 6.04 Å². The van der Waals surface area contributed by atoms with E-state index in [1.165, 1.54) is 12.1 Å². The fourth-order valence-corrected chi connectivity index (χ4v) is 1.87. The van der Waals surface area contributed by atoms with Crippen molar-refractivity contribution in [2.75, 3.05) is 31.1 Å². The molecule has 0 radical (unpaired) electrons. The highest BCUT2D eigenvalue weighted by Crippen LogP contribution is 2.16. The third-order valence-electron chi connectivity index (χ3n) is 2.73. The number of anilines is 1. The van der Waals surface area contributed by atoms with Crippen LogP contribution in [0, 0.1) is 5.82 Å². The molecule has 0 aromatic heterocycles. The summed E-state index contributed by atoms with van der Waals surface area (Å²) >= 11 is 0. The maximum atomic E-state index is 12.7. The highest BCUT2D eigenvalue weighted by molar-refractivity contribution is 5.46. The molecule has 1 saturated heterocycles. The van der Waals surface area contributed by atoms with Crippen molar-refractivity contribution >= 4 is 5.69 Å². The normalized spacial score (nSPS) is 21.7. The average Bonchev–Trinajstić information content (AvgIpc) is 2.30. The maximum absolute atomic E-state index is 12.7. The second kappa shape index (κ2) is 4.59. The highest BCUT2D eigenvalue weighted by atomic mass is 19.1. The molecule has 0 saturated carbocycles. The van der Waals surface area contributed by atoms with E-state index in [1.807, 2.05) is 12.1 Å². The monoisotopic (exact) mass is 209 g/mol. The number of piperazine rings is 1. The van der Waals surface area contributed by atoms with Crippen molar-refractivity contribution in [3.8, 4) is 0 Å². The molecule has 0 amide bonds. The third-order valence-corrected chi connectivity index (χ3v) is 2.73. The second-order valence-corrected chi connectivity index (χ2v) is 3.81. The molecule has 0 spiro atoms. The van der Waals surface area contributed by atoms with Crippen molar-refractivity contribution in [3.05, 3.63) is 30.1 Å². The van der Waals surface area contributed by atoms with Gasteiger partial charge in [-0.2, -0.15) is 0 Å². The van der Waals surface area contributed by atoms with Crippen LogP contribution in [0.3, 0.4) is 0 Å². The van der Waals surface area contributed by atoms with Gasteiger partial charge in [0.2, 0.25) is 0 Å². The first-order valence-corrected chi connectivity index (χ1v) is 5.23. The third kappa shape index (κ3) is 2.46. The van der Waals surface area contributed by atoms with Crippen LogP contribution in [0.2, 0.25) is 0 Å². The quantitative estimate of drug-likeness (QED) is 0.748. The number of rotatable bonds is 2. The van der Waals surface area contributed by atoms with Crippen molar-refractivity contribution in [1.29, 1.82) is 0 Å². The molecule has 3 N–H and O–H groups in total. The number of nitrogens with two attached hydrogens (primary N) is 1. The van der Waals surface area contributed by atoms with E-state index in [4.69, 9.17) is 5.73 Å². The largest absolute Gasteiger partial charge is 0.369 e. The van der Waals surface area contributed by atoms with Gasteiger partial charge in [0, 0.05) is 37.9 Å². The molecule has 2 rings (SSSR count). The molecule has 1 aliphatic heterocycles. The van der Waals surface area contributed by atoms with Crippen molar-refractivity contribution in [3.63, 3.8) is 0 Å². The Morgan fingerprint density at radius 3 is 2.80 bits per heavy atom. The van der Waals surface area contributed by atoms with Gasteiger partial charge in [0.1, 0.15) is 5.82 Å². The van der Waals surface area contributed by atoms with E-state index in [-0.39, 0.29) is 5.82 Å². The zero-order valence-electron chi connectivity index (χ0n) is 8.62. The van der Waals surface area contributed by atoms with Gasteiger partial charge in [0.25, 0.3) is 0 Å². The zero-order chi connectivity index (χ0) is 10.7. The Morgan fingerprint density at radius 1 is 1.40 bits per heavy atom. The molecule has 82 valence electrons. The predicted molar refractivity (Wildman–Crippen MR) is 59.5 cm³/mol. The van der Waals surface area contributed by atoms with Crippen LogP contribution in [0.1, 0.15) is 0 Å². The Balaban J connectivity index is 2.06. The minimum absolute atomic E-state index is 0.191. The highest BCUT2D eigenvalue weighted by Gasteiger charge is 2.17. The average molecular weight is 209 g/mol. The molecule has 0 bridgehead atoms. The van der Waals surface area contributed by atoms with Crippen LogP contribution in [0.15, 0.2) is 24.3 Å². The van der Waals surface area contributed by atoms with Gasteiger partial charge in [-0.05, 0) is 24.3 Å². The van der Waals surface area contributed by atoms with Gasteiger partial charge in [-0.3, -0.25) is 0 Å². The summed E-state index contributed by atoms with van der Waals surface area (Å²) in [6.45, 7) is 3.40. The van der Waals surface area contributed by atoms with Crippen LogP contribution in [-0.4, -0.2) is 32.2 Å². The molecule has 1 aromatic carbocycles. The van der Waals surface area contributed by atoms with E-state index in [2.05, 4.69) is 10.2 Å². The van der Waals surface area contributed by atoms with Crippen molar-refractivity contribution < 1.29 is 4.39 Å². The van der Waals surface area contributed by atoms with Gasteiger partial charge in [-0.15, -0.1) is 0 Å². The number of nitrogens with zero attached hydrogens (tertiary/aromatic N) is 1. The Hall–Kier alpha value is -1.13. The molecular formula is C11H16FN3. The summed E-state index contributed by atoms with van der Waals surface area (Å²) in [4.78, 5) is 2.23. The fourth-order valence-electron chi connectivity index (χ4n) is 1.87. The van der Waals surface area contributed by atoms with Crippen LogP contribution < -0.4 is 16.0 Å². The van der Waals surface area contributed by atoms with Gasteiger partial charge in [0.15, 0.2) is 0 Å². The van der Waals surface area contributed by atoms with Crippen molar-refractivity contribution in [1.82, 2.24) is 5.32 Å². The standard InChI is InChI=1S/C11H16FN3/c12-9-1-3-11(4-2-9)15-6-5-14-10(7-13)8-15/h1-4,10,14H,5-8,13H2. The van der Waals surface area contributed by atoms with E-state index in [0.29, 0.717) is 12.6 Å². The molecule has 1 heterocycles. The predicted octanol–water partition coefficient (Wildman–Crippen LogP) is 0.563. The number of hydrogen-bond donors (Lipinski definition) is 2. The lowest BCUT2D eigenvalue weighted by molar-refractivity contribution is 0.463. The van der Waals surface area contributed by atoms with Crippen LogP contribution in [-0.2, 0) is 0 Å². The summed E-state index contributed by atoms with van der Waals surface area (Å²) in [5.41, 5.74) is 6.68. The van der Waals surface area contributed by atoms with E-state index in [0.717, 1.165) is 25.3 Å². The van der Waals surface area contributed by atoms with Crippen LogP contribution >= 0.6 is 0 Å². The molecule has 1 unspecified atom stereocenters. The Labute approximate surface area is 89.1 Å². The Morgan fingerprint density at radius 2 is 2.13 bits per heavy atom. The minimum Gasteiger partial charge on any atom is -0.369 e. The first-order chi connectivity index (χ1) is 7.29. The molecule has 0 aliphatic carbocycles. The molecular weight excluding hydrogens is 193 g/mol. The summed E-state index contributed by atoms with van der Waals surface area (Å²) in [6, 6.07) is 6.95. The smallest absolute Gasteiger partial charge is 0.123 e. The van der Waals surface area contributed by atoms with Crippen molar-refractivity contribution in [2.24, 2.45) is 5.73 Å². The summed E-state index contributed by atoms with van der Waals surface area (Å²) in [5, 5.41) is 3.34. The van der Waals surface area contributed by atoms with Gasteiger partial charge < -0.3 is 16.0 Å². The van der Waals surface area contributed by atoms with E-state index < -0.39 is 0 Å². The van der Waals surface area contributed by atoms with Crippen LogP contribution in [0.5, 0.6) is 0 Å². The molecule has 1 atom stereocenters. The van der Waals surface area contributed by atoms with Crippen LogP contribution in [0.25, 0.3) is 0 Å². The van der Waals surface area contributed by atoms with Gasteiger partial charge in [-0.25, -0.2) is 4.39 Å². The molecule has 1 aliphatic rings. The summed E-state index contributed by atoms with van der Waals surface area (Å²) in [6.07, 6.45) is 0. The first kappa shape index (κ1) is 10.4.